The number of aryl methyl sites for hydroxylation is 2. The first-order valence-corrected chi connectivity index (χ1v) is 6.78. The summed E-state index contributed by atoms with van der Waals surface area (Å²) in [5, 5.41) is 7.32. The molecule has 3 heteroatoms. The monoisotopic (exact) mass is 221 g/mol. The molecule has 1 saturated carbocycles. The van der Waals surface area contributed by atoms with Gasteiger partial charge in [0.25, 0.3) is 0 Å². The van der Waals surface area contributed by atoms with Crippen molar-refractivity contribution in [2.24, 2.45) is 5.92 Å². The minimum atomic E-state index is 0.932. The first-order chi connectivity index (χ1) is 7.88. The fraction of sp³-hybridized carbons (Fsp3) is 0.846. The summed E-state index contributed by atoms with van der Waals surface area (Å²) in [7, 11) is 0. The Balaban J connectivity index is 1.75. The van der Waals surface area contributed by atoms with Gasteiger partial charge in [0.05, 0.1) is 0 Å². The number of rotatable bonds is 5. The van der Waals surface area contributed by atoms with E-state index >= 15 is 0 Å². The summed E-state index contributed by atoms with van der Waals surface area (Å²) in [6.45, 7) is 2.17. The molecule has 2 rings (SSSR count). The van der Waals surface area contributed by atoms with E-state index in [1.54, 1.807) is 0 Å². The Morgan fingerprint density at radius 3 is 2.75 bits per heavy atom. The van der Waals surface area contributed by atoms with Gasteiger partial charge in [-0.3, -0.25) is 5.10 Å². The van der Waals surface area contributed by atoms with Gasteiger partial charge in [-0.25, -0.2) is 4.98 Å². The van der Waals surface area contributed by atoms with Crippen LogP contribution in [0.3, 0.4) is 0 Å². The van der Waals surface area contributed by atoms with Crippen LogP contribution in [0.4, 0.5) is 0 Å². The molecule has 0 spiro atoms. The number of hydrogen-bond acceptors (Lipinski definition) is 2. The van der Waals surface area contributed by atoms with Gasteiger partial charge in [0.2, 0.25) is 0 Å². The van der Waals surface area contributed by atoms with Crippen molar-refractivity contribution in [1.29, 1.82) is 0 Å². The van der Waals surface area contributed by atoms with Crippen LogP contribution in [0.1, 0.15) is 63.5 Å². The smallest absolute Gasteiger partial charge is 0.150 e. The Morgan fingerprint density at radius 2 is 2.00 bits per heavy atom. The first-order valence-electron chi connectivity index (χ1n) is 6.78. The Labute approximate surface area is 98.1 Å². The van der Waals surface area contributed by atoms with Gasteiger partial charge >= 0.3 is 0 Å². The zero-order valence-corrected chi connectivity index (χ0v) is 10.3. The van der Waals surface area contributed by atoms with Gasteiger partial charge in [0, 0.05) is 12.8 Å². The lowest BCUT2D eigenvalue weighted by atomic mass is 9.86. The highest BCUT2D eigenvalue weighted by molar-refractivity contribution is 4.91. The molecule has 1 N–H and O–H groups in total. The van der Waals surface area contributed by atoms with Gasteiger partial charge in [-0.05, 0) is 18.8 Å². The van der Waals surface area contributed by atoms with Crippen LogP contribution in [-0.2, 0) is 12.8 Å². The number of nitrogens with one attached hydrogen (secondary N) is 1. The third-order valence-corrected chi connectivity index (χ3v) is 3.57. The van der Waals surface area contributed by atoms with E-state index in [0.717, 1.165) is 36.8 Å². The van der Waals surface area contributed by atoms with Gasteiger partial charge < -0.3 is 0 Å². The number of aromatic amines is 1. The highest BCUT2D eigenvalue weighted by Gasteiger charge is 2.14. The molecule has 0 amide bonds. The summed E-state index contributed by atoms with van der Waals surface area (Å²) in [5.41, 5.74) is 0. The van der Waals surface area contributed by atoms with Crippen molar-refractivity contribution >= 4 is 0 Å². The van der Waals surface area contributed by atoms with Crippen molar-refractivity contribution in [3.05, 3.63) is 11.6 Å². The largest absolute Gasteiger partial charge is 0.263 e. The molecule has 1 aliphatic carbocycles. The molecular formula is C13H23N3. The maximum atomic E-state index is 4.52. The van der Waals surface area contributed by atoms with Crippen LogP contribution >= 0.6 is 0 Å². The van der Waals surface area contributed by atoms with Gasteiger partial charge in [-0.2, -0.15) is 5.10 Å². The quantitative estimate of drug-likeness (QED) is 0.829. The molecule has 0 radical (unpaired) electrons. The third-order valence-electron chi connectivity index (χ3n) is 3.57. The Hall–Kier alpha value is -0.860. The second-order valence-corrected chi connectivity index (χ2v) is 4.99. The van der Waals surface area contributed by atoms with E-state index in [2.05, 4.69) is 22.1 Å². The van der Waals surface area contributed by atoms with Gasteiger partial charge in [-0.1, -0.05) is 39.0 Å². The van der Waals surface area contributed by atoms with Crippen molar-refractivity contribution in [2.75, 3.05) is 0 Å². The predicted octanol–water partition coefficient (Wildman–Crippen LogP) is 3.27. The number of nitrogens with zero attached hydrogens (tertiary/aromatic N) is 2. The fourth-order valence-corrected chi connectivity index (χ4v) is 2.60. The summed E-state index contributed by atoms with van der Waals surface area (Å²) < 4.78 is 0. The molecule has 1 heterocycles. The zero-order valence-electron chi connectivity index (χ0n) is 10.3. The molecule has 0 atom stereocenters. The zero-order chi connectivity index (χ0) is 11.2. The van der Waals surface area contributed by atoms with Crippen LogP contribution in [0.15, 0.2) is 0 Å². The summed E-state index contributed by atoms with van der Waals surface area (Å²) >= 11 is 0. The molecule has 0 bridgehead atoms. The van der Waals surface area contributed by atoms with Gasteiger partial charge in [0.1, 0.15) is 5.82 Å². The van der Waals surface area contributed by atoms with Crippen LogP contribution in [0.2, 0.25) is 0 Å². The van der Waals surface area contributed by atoms with E-state index in [1.807, 2.05) is 0 Å². The first kappa shape index (κ1) is 11.6. The molecule has 0 aromatic carbocycles. The lowest BCUT2D eigenvalue weighted by Gasteiger charge is -2.20. The topological polar surface area (TPSA) is 41.6 Å². The molecule has 0 unspecified atom stereocenters. The normalized spacial score (nSPS) is 17.8. The molecule has 3 nitrogen and oxygen atoms in total. The second kappa shape index (κ2) is 6.02. The molecule has 0 aliphatic heterocycles. The Kier molecular flexibility index (Phi) is 4.37. The SMILES string of the molecule is CCCc1nc(CCC2CCCCC2)n[nH]1. The van der Waals surface area contributed by atoms with Crippen molar-refractivity contribution in [3.63, 3.8) is 0 Å². The van der Waals surface area contributed by atoms with Crippen LogP contribution in [-0.4, -0.2) is 15.2 Å². The van der Waals surface area contributed by atoms with E-state index in [4.69, 9.17) is 0 Å². The molecule has 0 saturated heterocycles. The molecule has 1 aromatic heterocycles. The van der Waals surface area contributed by atoms with Crippen molar-refractivity contribution in [3.8, 4) is 0 Å². The summed E-state index contributed by atoms with van der Waals surface area (Å²) in [6.07, 6.45) is 11.7. The second-order valence-electron chi connectivity index (χ2n) is 4.99. The van der Waals surface area contributed by atoms with Crippen molar-refractivity contribution in [2.45, 2.75) is 64.7 Å². The lowest BCUT2D eigenvalue weighted by Crippen LogP contribution is -2.07. The number of aromatic nitrogens is 3. The molecule has 16 heavy (non-hydrogen) atoms. The Bertz CT molecular complexity index is 300. The fourth-order valence-electron chi connectivity index (χ4n) is 2.60. The minimum absolute atomic E-state index is 0.932. The summed E-state index contributed by atoms with van der Waals surface area (Å²) in [4.78, 5) is 4.52. The van der Waals surface area contributed by atoms with Crippen LogP contribution in [0.5, 0.6) is 0 Å². The molecule has 1 aliphatic rings. The van der Waals surface area contributed by atoms with Crippen molar-refractivity contribution in [1.82, 2.24) is 15.2 Å². The average Bonchev–Trinajstić information content (AvgIpc) is 2.76. The van der Waals surface area contributed by atoms with E-state index in [1.165, 1.54) is 38.5 Å². The Morgan fingerprint density at radius 1 is 1.19 bits per heavy atom. The maximum Gasteiger partial charge on any atom is 0.150 e. The summed E-state index contributed by atoms with van der Waals surface area (Å²) in [6, 6.07) is 0. The van der Waals surface area contributed by atoms with Crippen molar-refractivity contribution < 1.29 is 0 Å². The highest BCUT2D eigenvalue weighted by atomic mass is 15.2. The van der Waals surface area contributed by atoms with E-state index in [9.17, 15) is 0 Å². The van der Waals surface area contributed by atoms with E-state index < -0.39 is 0 Å². The lowest BCUT2D eigenvalue weighted by molar-refractivity contribution is 0.337. The molecule has 90 valence electrons. The van der Waals surface area contributed by atoms with Gasteiger partial charge in [0.15, 0.2) is 5.82 Å². The molecule has 1 aromatic rings. The van der Waals surface area contributed by atoms with E-state index in [0.29, 0.717) is 0 Å². The average molecular weight is 221 g/mol. The number of H-pyrrole nitrogens is 1. The maximum absolute atomic E-state index is 4.52. The van der Waals surface area contributed by atoms with Crippen LogP contribution in [0.25, 0.3) is 0 Å². The number of hydrogen-bond donors (Lipinski definition) is 1. The predicted molar refractivity (Wildman–Crippen MR) is 65.3 cm³/mol. The standard InChI is InChI=1S/C13H23N3/c1-2-6-12-14-13(16-15-12)10-9-11-7-4-3-5-8-11/h11H,2-10H2,1H3,(H,14,15,16). The van der Waals surface area contributed by atoms with E-state index in [-0.39, 0.29) is 0 Å². The van der Waals surface area contributed by atoms with Crippen LogP contribution < -0.4 is 0 Å². The molecular weight excluding hydrogens is 198 g/mol. The third kappa shape index (κ3) is 3.32. The van der Waals surface area contributed by atoms with Crippen LogP contribution in [0, 0.1) is 5.92 Å². The minimum Gasteiger partial charge on any atom is -0.263 e. The highest BCUT2D eigenvalue weighted by Crippen LogP contribution is 2.26. The van der Waals surface area contributed by atoms with Gasteiger partial charge in [-0.15, -0.1) is 0 Å². The summed E-state index contributed by atoms with van der Waals surface area (Å²) in [5.74, 6) is 3.01. The molecule has 1 fully saturated rings.